The van der Waals surface area contributed by atoms with Gasteiger partial charge in [0.05, 0.1) is 5.69 Å². The van der Waals surface area contributed by atoms with Gasteiger partial charge in [0.1, 0.15) is 10.7 Å². The van der Waals surface area contributed by atoms with Crippen molar-refractivity contribution in [2.45, 2.75) is 6.92 Å². The van der Waals surface area contributed by atoms with Gasteiger partial charge >= 0.3 is 0 Å². The maximum absolute atomic E-state index is 13.1. The Bertz CT molecular complexity index is 841. The summed E-state index contributed by atoms with van der Waals surface area (Å²) in [6.07, 6.45) is 0. The van der Waals surface area contributed by atoms with E-state index in [4.69, 9.17) is 5.73 Å². The van der Waals surface area contributed by atoms with Gasteiger partial charge in [0.15, 0.2) is 0 Å². The number of fused-ring (bicyclic) bond motifs is 1. The molecular weight excluding hydrogens is 287 g/mol. The Labute approximate surface area is 125 Å². The van der Waals surface area contributed by atoms with Gasteiger partial charge in [0, 0.05) is 15.8 Å². The minimum Gasteiger partial charge on any atom is -0.397 e. The number of thiophene rings is 1. The number of rotatable bonds is 2. The first kappa shape index (κ1) is 13.6. The van der Waals surface area contributed by atoms with Crippen LogP contribution < -0.4 is 11.1 Å². The van der Waals surface area contributed by atoms with Crippen LogP contribution in [0.15, 0.2) is 42.5 Å². The molecule has 0 saturated heterocycles. The summed E-state index contributed by atoms with van der Waals surface area (Å²) in [5, 5.41) is 3.66. The lowest BCUT2D eigenvalue weighted by Crippen LogP contribution is -2.12. The van der Waals surface area contributed by atoms with E-state index in [0.29, 0.717) is 21.8 Å². The molecule has 3 nitrogen and oxygen atoms in total. The zero-order valence-electron chi connectivity index (χ0n) is 11.3. The van der Waals surface area contributed by atoms with E-state index >= 15 is 0 Å². The van der Waals surface area contributed by atoms with E-state index < -0.39 is 0 Å². The monoisotopic (exact) mass is 300 g/mol. The van der Waals surface area contributed by atoms with E-state index in [1.807, 2.05) is 24.3 Å². The summed E-state index contributed by atoms with van der Waals surface area (Å²) in [6, 6.07) is 11.9. The van der Waals surface area contributed by atoms with Crippen LogP contribution in [0, 0.1) is 12.7 Å². The van der Waals surface area contributed by atoms with E-state index in [1.165, 1.54) is 23.5 Å². The third-order valence-corrected chi connectivity index (χ3v) is 4.46. The number of hydrogen-bond acceptors (Lipinski definition) is 3. The third-order valence-electron chi connectivity index (χ3n) is 3.28. The molecule has 1 amide bonds. The topological polar surface area (TPSA) is 55.1 Å². The number of carbonyl (C=O) groups is 1. The molecule has 3 rings (SSSR count). The van der Waals surface area contributed by atoms with Crippen LogP contribution in [0.5, 0.6) is 0 Å². The molecule has 0 bridgehead atoms. The summed E-state index contributed by atoms with van der Waals surface area (Å²) < 4.78 is 14.0. The highest BCUT2D eigenvalue weighted by atomic mass is 32.1. The van der Waals surface area contributed by atoms with E-state index in [0.717, 1.165) is 10.1 Å². The molecule has 0 saturated carbocycles. The molecule has 3 N–H and O–H groups in total. The second-order valence-electron chi connectivity index (χ2n) is 4.75. The average Bonchev–Trinajstić information content (AvgIpc) is 2.80. The van der Waals surface area contributed by atoms with Crippen molar-refractivity contribution < 1.29 is 9.18 Å². The van der Waals surface area contributed by atoms with Crippen LogP contribution in [0.25, 0.3) is 10.1 Å². The van der Waals surface area contributed by atoms with E-state index in [2.05, 4.69) is 5.32 Å². The first-order chi connectivity index (χ1) is 10.1. The number of anilines is 2. The lowest BCUT2D eigenvalue weighted by molar-refractivity contribution is 0.103. The van der Waals surface area contributed by atoms with Gasteiger partial charge in [0.25, 0.3) is 5.91 Å². The lowest BCUT2D eigenvalue weighted by atomic mass is 10.2. The van der Waals surface area contributed by atoms with Crippen LogP contribution in [-0.2, 0) is 0 Å². The molecule has 0 radical (unpaired) electrons. The molecule has 1 heterocycles. The first-order valence-electron chi connectivity index (χ1n) is 6.41. The summed E-state index contributed by atoms with van der Waals surface area (Å²) in [4.78, 5) is 12.8. The molecule has 0 fully saturated rings. The van der Waals surface area contributed by atoms with Crippen molar-refractivity contribution in [1.82, 2.24) is 0 Å². The number of halogens is 1. The summed E-state index contributed by atoms with van der Waals surface area (Å²) in [6.45, 7) is 1.74. The van der Waals surface area contributed by atoms with Gasteiger partial charge in [-0.2, -0.15) is 0 Å². The number of nitrogens with one attached hydrogen (secondary N) is 1. The van der Waals surface area contributed by atoms with Gasteiger partial charge in [-0.15, -0.1) is 11.3 Å². The predicted molar refractivity (Wildman–Crippen MR) is 85.3 cm³/mol. The Morgan fingerprint density at radius 1 is 1.24 bits per heavy atom. The summed E-state index contributed by atoms with van der Waals surface area (Å²) in [5.41, 5.74) is 7.78. The highest BCUT2D eigenvalue weighted by Gasteiger charge is 2.16. The van der Waals surface area contributed by atoms with E-state index in [9.17, 15) is 9.18 Å². The fourth-order valence-electron chi connectivity index (χ4n) is 2.18. The van der Waals surface area contributed by atoms with E-state index in [1.54, 1.807) is 13.0 Å². The molecule has 0 aliphatic rings. The Kier molecular flexibility index (Phi) is 3.35. The molecule has 5 heteroatoms. The van der Waals surface area contributed by atoms with Crippen LogP contribution in [0.3, 0.4) is 0 Å². The number of carbonyl (C=O) groups excluding carboxylic acids is 1. The second kappa shape index (κ2) is 5.18. The Hall–Kier alpha value is -2.40. The van der Waals surface area contributed by atoms with Crippen LogP contribution in [0.4, 0.5) is 15.8 Å². The summed E-state index contributed by atoms with van der Waals surface area (Å²) >= 11 is 1.35. The molecule has 2 aromatic carbocycles. The summed E-state index contributed by atoms with van der Waals surface area (Å²) in [5.74, 6) is -0.602. The van der Waals surface area contributed by atoms with Crippen molar-refractivity contribution in [3.63, 3.8) is 0 Å². The van der Waals surface area contributed by atoms with Crippen molar-refractivity contribution in [1.29, 1.82) is 0 Å². The fraction of sp³-hybridized carbons (Fsp3) is 0.0625. The maximum Gasteiger partial charge on any atom is 0.267 e. The Morgan fingerprint density at radius 3 is 2.71 bits per heavy atom. The van der Waals surface area contributed by atoms with Gasteiger partial charge in [-0.3, -0.25) is 4.79 Å². The Morgan fingerprint density at radius 2 is 2.00 bits per heavy atom. The Balaban J connectivity index is 1.95. The van der Waals surface area contributed by atoms with Crippen molar-refractivity contribution in [3.05, 3.63) is 58.7 Å². The largest absolute Gasteiger partial charge is 0.397 e. The van der Waals surface area contributed by atoms with Gasteiger partial charge in [-0.05, 0) is 36.8 Å². The molecule has 0 unspecified atom stereocenters. The smallest absolute Gasteiger partial charge is 0.267 e. The summed E-state index contributed by atoms with van der Waals surface area (Å²) in [7, 11) is 0. The number of hydrogen-bond donors (Lipinski definition) is 2. The zero-order chi connectivity index (χ0) is 15.0. The van der Waals surface area contributed by atoms with E-state index in [-0.39, 0.29) is 11.7 Å². The van der Waals surface area contributed by atoms with Gasteiger partial charge in [0.2, 0.25) is 0 Å². The third kappa shape index (κ3) is 2.48. The molecule has 0 spiro atoms. The molecule has 21 heavy (non-hydrogen) atoms. The van der Waals surface area contributed by atoms with Gasteiger partial charge in [-0.1, -0.05) is 18.2 Å². The average molecular weight is 300 g/mol. The lowest BCUT2D eigenvalue weighted by Gasteiger charge is -2.07. The van der Waals surface area contributed by atoms with Crippen LogP contribution >= 0.6 is 11.3 Å². The van der Waals surface area contributed by atoms with Crippen molar-refractivity contribution >= 4 is 38.7 Å². The molecule has 106 valence electrons. The van der Waals surface area contributed by atoms with Gasteiger partial charge in [-0.25, -0.2) is 4.39 Å². The van der Waals surface area contributed by atoms with Crippen molar-refractivity contribution in [2.75, 3.05) is 11.1 Å². The number of nitrogen functional groups attached to an aromatic ring is 1. The molecular formula is C16H13FN2OS. The van der Waals surface area contributed by atoms with Crippen LogP contribution in [-0.4, -0.2) is 5.91 Å². The minimum absolute atomic E-state index is 0.275. The predicted octanol–water partition coefficient (Wildman–Crippen LogP) is 4.18. The highest BCUT2D eigenvalue weighted by Crippen LogP contribution is 2.34. The van der Waals surface area contributed by atoms with Crippen LogP contribution in [0.1, 0.15) is 15.2 Å². The number of amides is 1. The quantitative estimate of drug-likeness (QED) is 0.746. The normalized spacial score (nSPS) is 10.8. The first-order valence-corrected chi connectivity index (χ1v) is 7.22. The fourth-order valence-corrected chi connectivity index (χ4v) is 3.20. The minimum atomic E-state index is -0.327. The number of nitrogens with two attached hydrogens (primary N) is 1. The standard InChI is InChI=1S/C16H13FN2OS/c1-9-8-10(17)6-7-12(9)19-16(20)15-14(18)11-4-2-3-5-13(11)21-15/h2-8H,18H2,1H3,(H,19,20). The number of benzene rings is 2. The van der Waals surface area contributed by atoms with Crippen molar-refractivity contribution in [2.24, 2.45) is 0 Å². The van der Waals surface area contributed by atoms with Crippen LogP contribution in [0.2, 0.25) is 0 Å². The number of aryl methyl sites for hydroxylation is 1. The molecule has 3 aromatic rings. The van der Waals surface area contributed by atoms with Crippen molar-refractivity contribution in [3.8, 4) is 0 Å². The zero-order valence-corrected chi connectivity index (χ0v) is 12.1. The maximum atomic E-state index is 13.1. The molecule has 0 atom stereocenters. The highest BCUT2D eigenvalue weighted by molar-refractivity contribution is 7.21. The second-order valence-corrected chi connectivity index (χ2v) is 5.81. The molecule has 0 aliphatic heterocycles. The SMILES string of the molecule is Cc1cc(F)ccc1NC(=O)c1sc2ccccc2c1N. The molecule has 1 aromatic heterocycles. The van der Waals surface area contributed by atoms with Gasteiger partial charge < -0.3 is 11.1 Å². The molecule has 0 aliphatic carbocycles.